The second-order valence-corrected chi connectivity index (χ2v) is 4.08. The van der Waals surface area contributed by atoms with Crippen molar-refractivity contribution in [2.75, 3.05) is 26.3 Å². The topological polar surface area (TPSA) is 21.7 Å². The lowest BCUT2D eigenvalue weighted by atomic mass is 10.1. The first-order valence-electron chi connectivity index (χ1n) is 4.90. The molecule has 3 aliphatic rings. The second kappa shape index (κ2) is 2.44. The minimum absolute atomic E-state index is 0.189. The molecule has 3 rings (SSSR count). The Hall–Kier alpha value is -0.120. The highest BCUT2D eigenvalue weighted by molar-refractivity contribution is 4.96. The first kappa shape index (κ1) is 7.30. The van der Waals surface area contributed by atoms with Crippen LogP contribution in [0.2, 0.25) is 0 Å². The van der Waals surface area contributed by atoms with Crippen LogP contribution in [0.1, 0.15) is 19.3 Å². The van der Waals surface area contributed by atoms with E-state index in [1.807, 2.05) is 0 Å². The number of rotatable bonds is 0. The Morgan fingerprint density at radius 2 is 2.08 bits per heavy atom. The van der Waals surface area contributed by atoms with Crippen molar-refractivity contribution in [3.8, 4) is 0 Å². The maximum atomic E-state index is 5.67. The summed E-state index contributed by atoms with van der Waals surface area (Å²) in [6, 6.07) is 0.753. The average molecular weight is 169 g/mol. The van der Waals surface area contributed by atoms with Gasteiger partial charge in [-0.25, -0.2) is 0 Å². The third-order valence-electron chi connectivity index (χ3n) is 3.30. The highest BCUT2D eigenvalue weighted by Gasteiger charge is 2.49. The van der Waals surface area contributed by atoms with E-state index in [0.717, 1.165) is 32.2 Å². The van der Waals surface area contributed by atoms with E-state index in [1.54, 1.807) is 0 Å². The molecular formula is C9H15NO2. The number of nitrogens with zero attached hydrogens (tertiary/aromatic N) is 1. The van der Waals surface area contributed by atoms with Gasteiger partial charge in [-0.15, -0.1) is 0 Å². The summed E-state index contributed by atoms with van der Waals surface area (Å²) >= 11 is 0. The number of hydrogen-bond donors (Lipinski definition) is 0. The molecule has 3 heterocycles. The van der Waals surface area contributed by atoms with Gasteiger partial charge in [0.25, 0.3) is 0 Å². The fourth-order valence-corrected chi connectivity index (χ4v) is 2.77. The van der Waals surface area contributed by atoms with E-state index >= 15 is 0 Å². The second-order valence-electron chi connectivity index (χ2n) is 4.08. The summed E-state index contributed by atoms with van der Waals surface area (Å²) in [6.07, 6.45) is 3.81. The molecule has 0 bridgehead atoms. The van der Waals surface area contributed by atoms with E-state index < -0.39 is 0 Å². The van der Waals surface area contributed by atoms with Crippen LogP contribution >= 0.6 is 0 Å². The summed E-state index contributed by atoms with van der Waals surface area (Å²) in [5.74, 6) is -0.189. The molecule has 1 unspecified atom stereocenters. The smallest absolute Gasteiger partial charge is 0.182 e. The van der Waals surface area contributed by atoms with Crippen molar-refractivity contribution in [1.29, 1.82) is 0 Å². The van der Waals surface area contributed by atoms with Crippen molar-refractivity contribution in [2.45, 2.75) is 31.1 Å². The Morgan fingerprint density at radius 3 is 2.83 bits per heavy atom. The predicted octanol–water partition coefficient (Wildman–Crippen LogP) is 0.598. The van der Waals surface area contributed by atoms with Crippen LogP contribution in [-0.2, 0) is 9.47 Å². The van der Waals surface area contributed by atoms with Gasteiger partial charge < -0.3 is 9.47 Å². The molecule has 12 heavy (non-hydrogen) atoms. The molecule has 0 amide bonds. The van der Waals surface area contributed by atoms with Crippen LogP contribution in [-0.4, -0.2) is 43.0 Å². The third-order valence-corrected chi connectivity index (χ3v) is 3.30. The molecular weight excluding hydrogens is 154 g/mol. The zero-order valence-electron chi connectivity index (χ0n) is 7.29. The lowest BCUT2D eigenvalue weighted by Crippen LogP contribution is -2.34. The number of ether oxygens (including phenoxy) is 2. The van der Waals surface area contributed by atoms with Gasteiger partial charge >= 0.3 is 0 Å². The van der Waals surface area contributed by atoms with E-state index in [-0.39, 0.29) is 5.79 Å². The number of hydrogen-bond acceptors (Lipinski definition) is 3. The van der Waals surface area contributed by atoms with Gasteiger partial charge in [-0.3, -0.25) is 4.90 Å². The average Bonchev–Trinajstić information content (AvgIpc) is 2.66. The van der Waals surface area contributed by atoms with Gasteiger partial charge in [-0.05, 0) is 19.4 Å². The van der Waals surface area contributed by atoms with Crippen molar-refractivity contribution < 1.29 is 9.47 Å². The van der Waals surface area contributed by atoms with E-state index in [0.29, 0.717) is 0 Å². The molecule has 3 nitrogen and oxygen atoms in total. The van der Waals surface area contributed by atoms with Crippen molar-refractivity contribution in [3.63, 3.8) is 0 Å². The van der Waals surface area contributed by atoms with Gasteiger partial charge in [-0.1, -0.05) is 0 Å². The van der Waals surface area contributed by atoms with E-state index in [9.17, 15) is 0 Å². The standard InChI is InChI=1S/C9H15NO2/c1-2-8-6-9(7-10(8)3-1)11-4-5-12-9/h8H,1-7H2. The van der Waals surface area contributed by atoms with E-state index in [1.165, 1.54) is 19.4 Å². The van der Waals surface area contributed by atoms with Crippen molar-refractivity contribution in [3.05, 3.63) is 0 Å². The highest BCUT2D eigenvalue weighted by Crippen LogP contribution is 2.38. The minimum Gasteiger partial charge on any atom is -0.346 e. The molecule has 0 aromatic heterocycles. The fraction of sp³-hybridized carbons (Fsp3) is 1.00. The van der Waals surface area contributed by atoms with Gasteiger partial charge in [0.1, 0.15) is 0 Å². The molecule has 0 aromatic rings. The molecule has 0 N–H and O–H groups in total. The van der Waals surface area contributed by atoms with Gasteiger partial charge in [0.15, 0.2) is 5.79 Å². The van der Waals surface area contributed by atoms with E-state index in [4.69, 9.17) is 9.47 Å². The highest BCUT2D eigenvalue weighted by atomic mass is 16.7. The summed E-state index contributed by atoms with van der Waals surface area (Å²) in [4.78, 5) is 2.52. The lowest BCUT2D eigenvalue weighted by molar-refractivity contribution is -0.146. The van der Waals surface area contributed by atoms with Gasteiger partial charge in [0, 0.05) is 12.5 Å². The summed E-state index contributed by atoms with van der Waals surface area (Å²) < 4.78 is 11.3. The largest absolute Gasteiger partial charge is 0.346 e. The Kier molecular flexibility index (Phi) is 1.48. The molecule has 3 aliphatic heterocycles. The zero-order chi connectivity index (χ0) is 8.02. The maximum absolute atomic E-state index is 5.67. The van der Waals surface area contributed by atoms with Crippen molar-refractivity contribution in [1.82, 2.24) is 4.90 Å². The Labute approximate surface area is 72.6 Å². The quantitative estimate of drug-likeness (QED) is 0.530. The molecule has 3 saturated heterocycles. The predicted molar refractivity (Wildman–Crippen MR) is 43.8 cm³/mol. The van der Waals surface area contributed by atoms with Crippen molar-refractivity contribution in [2.24, 2.45) is 0 Å². The first-order valence-corrected chi connectivity index (χ1v) is 4.90. The zero-order valence-corrected chi connectivity index (χ0v) is 7.29. The molecule has 68 valence electrons. The Balaban J connectivity index is 1.77. The molecule has 0 aromatic carbocycles. The van der Waals surface area contributed by atoms with Crippen LogP contribution < -0.4 is 0 Å². The van der Waals surface area contributed by atoms with Crippen LogP contribution in [0, 0.1) is 0 Å². The molecule has 3 fully saturated rings. The van der Waals surface area contributed by atoms with Gasteiger partial charge in [-0.2, -0.15) is 0 Å². The lowest BCUT2D eigenvalue weighted by Gasteiger charge is -2.21. The molecule has 1 atom stereocenters. The SMILES string of the molecule is C1CC2CC3(CN2C1)OCCO3. The summed E-state index contributed by atoms with van der Waals surface area (Å²) in [5.41, 5.74) is 0. The number of fused-ring (bicyclic) bond motifs is 1. The van der Waals surface area contributed by atoms with Crippen LogP contribution in [0.5, 0.6) is 0 Å². The Bertz CT molecular complexity index is 175. The van der Waals surface area contributed by atoms with Gasteiger partial charge in [0.05, 0.1) is 19.8 Å². The van der Waals surface area contributed by atoms with Crippen LogP contribution in [0.15, 0.2) is 0 Å². The Morgan fingerprint density at radius 1 is 1.25 bits per heavy atom. The van der Waals surface area contributed by atoms with Crippen LogP contribution in [0.4, 0.5) is 0 Å². The van der Waals surface area contributed by atoms with Crippen LogP contribution in [0.25, 0.3) is 0 Å². The molecule has 3 heteroatoms. The van der Waals surface area contributed by atoms with Crippen LogP contribution in [0.3, 0.4) is 0 Å². The summed E-state index contributed by atoms with van der Waals surface area (Å²) in [6.45, 7) is 3.85. The molecule has 0 aliphatic carbocycles. The summed E-state index contributed by atoms with van der Waals surface area (Å²) in [5, 5.41) is 0. The molecule has 0 radical (unpaired) electrons. The van der Waals surface area contributed by atoms with Gasteiger partial charge in [0.2, 0.25) is 0 Å². The maximum Gasteiger partial charge on any atom is 0.182 e. The van der Waals surface area contributed by atoms with Crippen molar-refractivity contribution >= 4 is 0 Å². The normalized spacial score (nSPS) is 39.5. The monoisotopic (exact) mass is 169 g/mol. The molecule has 0 saturated carbocycles. The third kappa shape index (κ3) is 0.934. The molecule has 1 spiro atoms. The fourth-order valence-electron chi connectivity index (χ4n) is 2.77. The van der Waals surface area contributed by atoms with E-state index in [2.05, 4.69) is 4.90 Å². The first-order chi connectivity index (χ1) is 5.88. The minimum atomic E-state index is -0.189. The summed E-state index contributed by atoms with van der Waals surface area (Å²) in [7, 11) is 0.